The van der Waals surface area contributed by atoms with Gasteiger partial charge in [0.05, 0.1) is 12.2 Å². The molecule has 1 amide bonds. The predicted molar refractivity (Wildman–Crippen MR) is 79.1 cm³/mol. The Morgan fingerprint density at radius 2 is 2.22 bits per heavy atom. The molecular formula is C12H17BrClN3O. The van der Waals surface area contributed by atoms with Gasteiger partial charge >= 0.3 is 0 Å². The number of carbonyl (C=O) groups is 1. The van der Waals surface area contributed by atoms with Crippen LogP contribution in [0.15, 0.2) is 28.7 Å². The molecule has 2 rings (SSSR count). The minimum Gasteiger partial charge on any atom is -0.326 e. The molecule has 0 radical (unpaired) electrons. The minimum absolute atomic E-state index is 0. The number of rotatable bonds is 3. The number of anilines is 1. The third-order valence-corrected chi connectivity index (χ3v) is 3.52. The third-order valence-electron chi connectivity index (χ3n) is 2.82. The molecule has 0 bridgehead atoms. The second-order valence-corrected chi connectivity index (χ2v) is 5.17. The van der Waals surface area contributed by atoms with E-state index in [4.69, 9.17) is 5.73 Å². The van der Waals surface area contributed by atoms with E-state index in [1.807, 2.05) is 24.3 Å². The monoisotopic (exact) mass is 333 g/mol. The number of likely N-dealkylation sites (tertiary alicyclic amines) is 1. The van der Waals surface area contributed by atoms with Crippen LogP contribution in [0.4, 0.5) is 5.69 Å². The Bertz CT molecular complexity index is 416. The van der Waals surface area contributed by atoms with Crippen molar-refractivity contribution >= 4 is 39.9 Å². The van der Waals surface area contributed by atoms with Crippen LogP contribution < -0.4 is 11.1 Å². The molecule has 0 aliphatic carbocycles. The van der Waals surface area contributed by atoms with Crippen molar-refractivity contribution in [3.05, 3.63) is 28.7 Å². The molecule has 0 unspecified atom stereocenters. The number of carbonyl (C=O) groups excluding carboxylic acids is 1. The molecule has 6 heteroatoms. The zero-order chi connectivity index (χ0) is 12.3. The van der Waals surface area contributed by atoms with Gasteiger partial charge in [-0.2, -0.15) is 0 Å². The van der Waals surface area contributed by atoms with Gasteiger partial charge < -0.3 is 11.1 Å². The highest BCUT2D eigenvalue weighted by Crippen LogP contribution is 2.21. The fourth-order valence-electron chi connectivity index (χ4n) is 1.96. The summed E-state index contributed by atoms with van der Waals surface area (Å²) < 4.78 is 0.895. The Morgan fingerprint density at radius 1 is 1.50 bits per heavy atom. The fourth-order valence-corrected chi connectivity index (χ4v) is 2.35. The first kappa shape index (κ1) is 15.4. The van der Waals surface area contributed by atoms with Gasteiger partial charge in [0, 0.05) is 23.6 Å². The lowest BCUT2D eigenvalue weighted by atomic mass is 10.3. The van der Waals surface area contributed by atoms with Crippen LogP contribution >= 0.6 is 28.3 Å². The Labute approximate surface area is 121 Å². The lowest BCUT2D eigenvalue weighted by Crippen LogP contribution is -2.33. The van der Waals surface area contributed by atoms with E-state index in [9.17, 15) is 4.79 Å². The van der Waals surface area contributed by atoms with Crippen LogP contribution in [0.2, 0.25) is 0 Å². The van der Waals surface area contributed by atoms with Crippen LogP contribution in [0.1, 0.15) is 6.42 Å². The SMILES string of the molecule is Cl.N[C@@H]1CCN(CC(=O)Nc2ccccc2Br)C1. The average molecular weight is 335 g/mol. The average Bonchev–Trinajstić information content (AvgIpc) is 2.67. The van der Waals surface area contributed by atoms with Crippen molar-refractivity contribution < 1.29 is 4.79 Å². The highest BCUT2D eigenvalue weighted by molar-refractivity contribution is 9.10. The summed E-state index contributed by atoms with van der Waals surface area (Å²) in [5.74, 6) is 0.00556. The van der Waals surface area contributed by atoms with Crippen LogP contribution in [0, 0.1) is 0 Å². The fraction of sp³-hybridized carbons (Fsp3) is 0.417. The molecule has 3 N–H and O–H groups in total. The number of nitrogens with one attached hydrogen (secondary N) is 1. The Balaban J connectivity index is 0.00000162. The number of nitrogens with two attached hydrogens (primary N) is 1. The summed E-state index contributed by atoms with van der Waals surface area (Å²) in [5, 5.41) is 2.88. The van der Waals surface area contributed by atoms with Gasteiger partial charge in [-0.25, -0.2) is 0 Å². The van der Waals surface area contributed by atoms with Gasteiger partial charge in [0.25, 0.3) is 0 Å². The third kappa shape index (κ3) is 4.24. The number of nitrogens with zero attached hydrogens (tertiary/aromatic N) is 1. The first-order chi connectivity index (χ1) is 8.15. The smallest absolute Gasteiger partial charge is 0.238 e. The maximum Gasteiger partial charge on any atom is 0.238 e. The molecule has 0 spiro atoms. The summed E-state index contributed by atoms with van der Waals surface area (Å²) in [5.41, 5.74) is 6.60. The first-order valence-corrected chi connectivity index (χ1v) is 6.47. The second kappa shape index (κ2) is 7.09. The summed E-state index contributed by atoms with van der Waals surface area (Å²) in [6.07, 6.45) is 0.975. The van der Waals surface area contributed by atoms with Crippen LogP contribution in [0.5, 0.6) is 0 Å². The van der Waals surface area contributed by atoms with Gasteiger partial charge in [-0.15, -0.1) is 12.4 Å². The Hall–Kier alpha value is -0.620. The highest BCUT2D eigenvalue weighted by atomic mass is 79.9. The van der Waals surface area contributed by atoms with Crippen LogP contribution in [-0.2, 0) is 4.79 Å². The van der Waals surface area contributed by atoms with E-state index < -0.39 is 0 Å². The maximum atomic E-state index is 11.8. The molecule has 1 atom stereocenters. The largest absolute Gasteiger partial charge is 0.326 e. The lowest BCUT2D eigenvalue weighted by molar-refractivity contribution is -0.117. The van der Waals surface area contributed by atoms with Crippen LogP contribution in [-0.4, -0.2) is 36.5 Å². The summed E-state index contributed by atoms with van der Waals surface area (Å²) >= 11 is 3.40. The van der Waals surface area contributed by atoms with Crippen molar-refractivity contribution in [1.29, 1.82) is 0 Å². The summed E-state index contributed by atoms with van der Waals surface area (Å²) in [6.45, 7) is 2.13. The van der Waals surface area contributed by atoms with Crippen LogP contribution in [0.3, 0.4) is 0 Å². The van der Waals surface area contributed by atoms with Gasteiger partial charge in [-0.05, 0) is 34.5 Å². The molecule has 0 saturated carbocycles. The Kier molecular flexibility index (Phi) is 6.08. The van der Waals surface area contributed by atoms with Gasteiger partial charge in [-0.1, -0.05) is 12.1 Å². The van der Waals surface area contributed by atoms with E-state index in [-0.39, 0.29) is 24.4 Å². The first-order valence-electron chi connectivity index (χ1n) is 5.67. The molecule has 1 saturated heterocycles. The van der Waals surface area contributed by atoms with E-state index in [1.165, 1.54) is 0 Å². The number of hydrogen-bond donors (Lipinski definition) is 2. The van der Waals surface area contributed by atoms with Gasteiger partial charge in [0.15, 0.2) is 0 Å². The zero-order valence-electron chi connectivity index (χ0n) is 9.93. The van der Waals surface area contributed by atoms with E-state index in [1.54, 1.807) is 0 Å². The van der Waals surface area contributed by atoms with E-state index in [0.717, 1.165) is 29.7 Å². The molecule has 0 aromatic heterocycles. The highest BCUT2D eigenvalue weighted by Gasteiger charge is 2.21. The van der Waals surface area contributed by atoms with E-state index in [2.05, 4.69) is 26.1 Å². The standard InChI is InChI=1S/C12H16BrN3O.ClH/c13-10-3-1-2-4-11(10)15-12(17)8-16-6-5-9(14)7-16;/h1-4,9H,5-8,14H2,(H,15,17);1H/t9-;/m1./s1. The molecular weight excluding hydrogens is 318 g/mol. The molecule has 4 nitrogen and oxygen atoms in total. The molecule has 100 valence electrons. The lowest BCUT2D eigenvalue weighted by Gasteiger charge is -2.15. The minimum atomic E-state index is 0. The molecule has 1 aromatic carbocycles. The van der Waals surface area contributed by atoms with Crippen molar-refractivity contribution in [2.24, 2.45) is 5.73 Å². The summed E-state index contributed by atoms with van der Waals surface area (Å²) in [6, 6.07) is 7.80. The van der Waals surface area contributed by atoms with Crippen LogP contribution in [0.25, 0.3) is 0 Å². The van der Waals surface area contributed by atoms with Crippen molar-refractivity contribution in [1.82, 2.24) is 4.90 Å². The summed E-state index contributed by atoms with van der Waals surface area (Å²) in [4.78, 5) is 13.9. The van der Waals surface area contributed by atoms with Crippen molar-refractivity contribution in [3.8, 4) is 0 Å². The number of para-hydroxylation sites is 1. The predicted octanol–water partition coefficient (Wildman–Crippen LogP) is 1.84. The maximum absolute atomic E-state index is 11.8. The van der Waals surface area contributed by atoms with E-state index in [0.29, 0.717) is 6.54 Å². The number of amides is 1. The molecule has 1 aliphatic rings. The zero-order valence-corrected chi connectivity index (χ0v) is 12.3. The molecule has 18 heavy (non-hydrogen) atoms. The Morgan fingerprint density at radius 3 is 2.83 bits per heavy atom. The van der Waals surface area contributed by atoms with Gasteiger partial charge in [-0.3, -0.25) is 9.69 Å². The molecule has 1 aliphatic heterocycles. The molecule has 1 aromatic rings. The van der Waals surface area contributed by atoms with Crippen molar-refractivity contribution in [3.63, 3.8) is 0 Å². The topological polar surface area (TPSA) is 58.4 Å². The number of halogens is 2. The molecule has 1 heterocycles. The van der Waals surface area contributed by atoms with Crippen molar-refractivity contribution in [2.75, 3.05) is 25.0 Å². The van der Waals surface area contributed by atoms with E-state index >= 15 is 0 Å². The summed E-state index contributed by atoms with van der Waals surface area (Å²) in [7, 11) is 0. The quantitative estimate of drug-likeness (QED) is 0.887. The second-order valence-electron chi connectivity index (χ2n) is 4.31. The molecule has 1 fully saturated rings. The van der Waals surface area contributed by atoms with Crippen molar-refractivity contribution in [2.45, 2.75) is 12.5 Å². The van der Waals surface area contributed by atoms with Gasteiger partial charge in [0.2, 0.25) is 5.91 Å². The normalized spacial score (nSPS) is 19.3. The van der Waals surface area contributed by atoms with Gasteiger partial charge in [0.1, 0.15) is 0 Å². The number of benzene rings is 1. The number of hydrogen-bond acceptors (Lipinski definition) is 3.